The normalized spacial score (nSPS) is 17.9. The van der Waals surface area contributed by atoms with Gasteiger partial charge in [0.2, 0.25) is 0 Å². The summed E-state index contributed by atoms with van der Waals surface area (Å²) in [6.45, 7) is 2.12. The Morgan fingerprint density at radius 1 is 1.48 bits per heavy atom. The van der Waals surface area contributed by atoms with Crippen LogP contribution in [0.15, 0.2) is 30.3 Å². The highest BCUT2D eigenvalue weighted by molar-refractivity contribution is 6.33. The molecular formula is C15H16ClN3O2. The van der Waals surface area contributed by atoms with Crippen LogP contribution in [0.1, 0.15) is 16.9 Å². The van der Waals surface area contributed by atoms with Crippen molar-refractivity contribution in [2.24, 2.45) is 5.92 Å². The van der Waals surface area contributed by atoms with Gasteiger partial charge in [-0.05, 0) is 18.6 Å². The van der Waals surface area contributed by atoms with E-state index in [0.717, 1.165) is 18.6 Å². The maximum atomic E-state index is 12.1. The van der Waals surface area contributed by atoms with Crippen LogP contribution in [-0.2, 0) is 4.74 Å². The summed E-state index contributed by atoms with van der Waals surface area (Å²) in [6.07, 6.45) is 0.994. The van der Waals surface area contributed by atoms with Crippen LogP contribution in [-0.4, -0.2) is 35.9 Å². The fourth-order valence-electron chi connectivity index (χ4n) is 2.32. The third-order valence-corrected chi connectivity index (χ3v) is 3.88. The zero-order chi connectivity index (χ0) is 14.7. The molecule has 2 aromatic rings. The van der Waals surface area contributed by atoms with Gasteiger partial charge >= 0.3 is 0 Å². The molecular weight excluding hydrogens is 290 g/mol. The molecule has 1 saturated heterocycles. The van der Waals surface area contributed by atoms with E-state index in [0.29, 0.717) is 35.5 Å². The molecule has 1 aromatic carbocycles. The van der Waals surface area contributed by atoms with E-state index in [2.05, 4.69) is 15.5 Å². The Labute approximate surface area is 127 Å². The number of hydrogen-bond donors (Lipinski definition) is 2. The number of ether oxygens (including phenoxy) is 1. The molecule has 0 spiro atoms. The molecule has 3 rings (SSSR count). The Balaban J connectivity index is 1.66. The summed E-state index contributed by atoms with van der Waals surface area (Å²) >= 11 is 6.13. The van der Waals surface area contributed by atoms with Crippen LogP contribution in [0.25, 0.3) is 11.3 Å². The first-order valence-electron chi connectivity index (χ1n) is 6.90. The minimum Gasteiger partial charge on any atom is -0.381 e. The molecule has 6 heteroatoms. The summed E-state index contributed by atoms with van der Waals surface area (Å²) in [6, 6.07) is 9.12. The van der Waals surface area contributed by atoms with Crippen LogP contribution in [0.3, 0.4) is 0 Å². The van der Waals surface area contributed by atoms with Crippen molar-refractivity contribution >= 4 is 17.5 Å². The molecule has 21 heavy (non-hydrogen) atoms. The molecule has 1 aliphatic rings. The second kappa shape index (κ2) is 6.28. The van der Waals surface area contributed by atoms with Crippen molar-refractivity contribution in [1.82, 2.24) is 15.5 Å². The number of hydrogen-bond acceptors (Lipinski definition) is 3. The maximum absolute atomic E-state index is 12.1. The van der Waals surface area contributed by atoms with Crippen LogP contribution >= 0.6 is 11.6 Å². The van der Waals surface area contributed by atoms with E-state index in [1.54, 1.807) is 12.1 Å². The molecule has 2 heterocycles. The molecule has 0 bridgehead atoms. The average Bonchev–Trinajstić information content (AvgIpc) is 3.17. The second-order valence-corrected chi connectivity index (χ2v) is 5.49. The zero-order valence-electron chi connectivity index (χ0n) is 11.4. The second-order valence-electron chi connectivity index (χ2n) is 5.09. The van der Waals surface area contributed by atoms with E-state index in [9.17, 15) is 4.79 Å². The Bertz CT molecular complexity index is 635. The van der Waals surface area contributed by atoms with Crippen molar-refractivity contribution in [3.8, 4) is 11.3 Å². The molecule has 1 aliphatic heterocycles. The lowest BCUT2D eigenvalue weighted by Gasteiger charge is -2.07. The van der Waals surface area contributed by atoms with Crippen LogP contribution in [0, 0.1) is 5.92 Å². The van der Waals surface area contributed by atoms with Crippen molar-refractivity contribution in [1.29, 1.82) is 0 Å². The number of rotatable bonds is 4. The average molecular weight is 306 g/mol. The van der Waals surface area contributed by atoms with Gasteiger partial charge in [0.1, 0.15) is 5.69 Å². The number of halogens is 1. The SMILES string of the molecule is O=C(NC[C@H]1CCOC1)c1cc(-c2ccccc2Cl)n[nH]1. The summed E-state index contributed by atoms with van der Waals surface area (Å²) < 4.78 is 5.28. The summed E-state index contributed by atoms with van der Waals surface area (Å²) in [5.41, 5.74) is 1.90. The van der Waals surface area contributed by atoms with Gasteiger partial charge in [-0.1, -0.05) is 29.8 Å². The predicted octanol–water partition coefficient (Wildman–Crippen LogP) is 2.50. The molecule has 110 valence electrons. The number of carbonyl (C=O) groups is 1. The molecule has 2 N–H and O–H groups in total. The fourth-order valence-corrected chi connectivity index (χ4v) is 2.55. The number of H-pyrrole nitrogens is 1. The number of nitrogens with one attached hydrogen (secondary N) is 2. The van der Waals surface area contributed by atoms with Gasteiger partial charge < -0.3 is 10.1 Å². The molecule has 1 amide bonds. The van der Waals surface area contributed by atoms with Crippen molar-refractivity contribution in [3.63, 3.8) is 0 Å². The summed E-state index contributed by atoms with van der Waals surface area (Å²) in [5.74, 6) is 0.243. The topological polar surface area (TPSA) is 67.0 Å². The summed E-state index contributed by atoms with van der Waals surface area (Å²) in [7, 11) is 0. The monoisotopic (exact) mass is 305 g/mol. The molecule has 0 unspecified atom stereocenters. The smallest absolute Gasteiger partial charge is 0.269 e. The lowest BCUT2D eigenvalue weighted by atomic mass is 10.1. The number of nitrogens with zero attached hydrogens (tertiary/aromatic N) is 1. The van der Waals surface area contributed by atoms with E-state index < -0.39 is 0 Å². The van der Waals surface area contributed by atoms with E-state index in [-0.39, 0.29) is 5.91 Å². The number of aromatic nitrogens is 2. The molecule has 0 saturated carbocycles. The van der Waals surface area contributed by atoms with E-state index in [4.69, 9.17) is 16.3 Å². The van der Waals surface area contributed by atoms with Crippen molar-refractivity contribution in [2.45, 2.75) is 6.42 Å². The van der Waals surface area contributed by atoms with Gasteiger partial charge in [-0.15, -0.1) is 0 Å². The molecule has 0 radical (unpaired) electrons. The third-order valence-electron chi connectivity index (χ3n) is 3.55. The van der Waals surface area contributed by atoms with E-state index in [1.807, 2.05) is 18.2 Å². The Hall–Kier alpha value is -1.85. The van der Waals surface area contributed by atoms with Gasteiger partial charge in [0.05, 0.1) is 17.3 Å². The van der Waals surface area contributed by atoms with E-state index >= 15 is 0 Å². The van der Waals surface area contributed by atoms with Gasteiger partial charge in [0.15, 0.2) is 0 Å². The minimum atomic E-state index is -0.160. The fraction of sp³-hybridized carbons (Fsp3) is 0.333. The van der Waals surface area contributed by atoms with Crippen molar-refractivity contribution < 1.29 is 9.53 Å². The lowest BCUT2D eigenvalue weighted by Crippen LogP contribution is -2.29. The van der Waals surface area contributed by atoms with Gasteiger partial charge in [0, 0.05) is 24.6 Å². The van der Waals surface area contributed by atoms with E-state index in [1.165, 1.54) is 0 Å². The Morgan fingerprint density at radius 3 is 3.10 bits per heavy atom. The summed E-state index contributed by atoms with van der Waals surface area (Å²) in [5, 5.41) is 10.4. The predicted molar refractivity (Wildman–Crippen MR) is 80.3 cm³/mol. The standard InChI is InChI=1S/C15H16ClN3O2/c16-12-4-2-1-3-11(12)13-7-14(19-18-13)15(20)17-8-10-5-6-21-9-10/h1-4,7,10H,5-6,8-9H2,(H,17,20)(H,18,19)/t10-/m1/s1. The number of aromatic amines is 1. The first-order valence-corrected chi connectivity index (χ1v) is 7.28. The molecule has 1 atom stereocenters. The summed E-state index contributed by atoms with van der Waals surface area (Å²) in [4.78, 5) is 12.1. The van der Waals surface area contributed by atoms with Crippen LogP contribution < -0.4 is 5.32 Å². The maximum Gasteiger partial charge on any atom is 0.269 e. The van der Waals surface area contributed by atoms with Gasteiger partial charge in [0.25, 0.3) is 5.91 Å². The van der Waals surface area contributed by atoms with Crippen molar-refractivity contribution in [3.05, 3.63) is 41.0 Å². The van der Waals surface area contributed by atoms with Crippen LogP contribution in [0.2, 0.25) is 5.02 Å². The highest BCUT2D eigenvalue weighted by Crippen LogP contribution is 2.26. The number of carbonyl (C=O) groups excluding carboxylic acids is 1. The first kappa shape index (κ1) is 14.1. The molecule has 1 fully saturated rings. The number of benzene rings is 1. The molecule has 5 nitrogen and oxygen atoms in total. The lowest BCUT2D eigenvalue weighted by molar-refractivity contribution is 0.0940. The minimum absolute atomic E-state index is 0.160. The van der Waals surface area contributed by atoms with Crippen LogP contribution in [0.4, 0.5) is 0 Å². The van der Waals surface area contributed by atoms with Gasteiger partial charge in [-0.2, -0.15) is 5.10 Å². The largest absolute Gasteiger partial charge is 0.381 e. The third kappa shape index (κ3) is 3.25. The van der Waals surface area contributed by atoms with Gasteiger partial charge in [-0.3, -0.25) is 9.89 Å². The highest BCUT2D eigenvalue weighted by atomic mass is 35.5. The quantitative estimate of drug-likeness (QED) is 0.912. The molecule has 1 aromatic heterocycles. The zero-order valence-corrected chi connectivity index (χ0v) is 12.2. The Morgan fingerprint density at radius 2 is 2.33 bits per heavy atom. The Kier molecular flexibility index (Phi) is 4.22. The van der Waals surface area contributed by atoms with Crippen molar-refractivity contribution in [2.75, 3.05) is 19.8 Å². The molecule has 0 aliphatic carbocycles. The van der Waals surface area contributed by atoms with Gasteiger partial charge in [-0.25, -0.2) is 0 Å². The number of amides is 1. The first-order chi connectivity index (χ1) is 10.2. The van der Waals surface area contributed by atoms with Crippen LogP contribution in [0.5, 0.6) is 0 Å². The highest BCUT2D eigenvalue weighted by Gasteiger charge is 2.18.